The fourth-order valence-electron chi connectivity index (χ4n) is 7.39. The van der Waals surface area contributed by atoms with Gasteiger partial charge in [-0.1, -0.05) is 27.7 Å². The van der Waals surface area contributed by atoms with Crippen LogP contribution in [0, 0.1) is 29.1 Å². The standard InChI is InChI=1S/C28H38O10/c1-12-10-28-25(37-18(7)32)13(2)11-27(28,38-28)24(33)14(3)22(35-16(5)30)19-20(26(19,8)9)23(36-17(6)31)21(12)34-15(4)29/h10,13-14,19-23,25H,11H2,1-9H3/b12-10+/t13-,14-,19+,20-,21-,22+,23+,25+,27+,28+/m1/s1. The molecule has 0 N–H and O–H groups in total. The Morgan fingerprint density at radius 1 is 0.842 bits per heavy atom. The molecule has 1 heterocycles. The molecular weight excluding hydrogens is 496 g/mol. The van der Waals surface area contributed by atoms with Crippen molar-refractivity contribution in [3.63, 3.8) is 0 Å². The lowest BCUT2D eigenvalue weighted by Crippen LogP contribution is -2.43. The SMILES string of the molecule is CC(=O)O[C@@H]1[C@@H]2[C@H]([C@H](OC(C)=O)[C@H](OC(C)=O)/C(C)=C/[C@@]34O[C@@]3(C[C@@H](C)[C@@H]4OC(C)=O)C(=O)[C@@H]1C)C2(C)C. The van der Waals surface area contributed by atoms with Crippen LogP contribution in [0.1, 0.15) is 68.7 Å². The molecule has 0 amide bonds. The molecule has 0 aromatic rings. The molecule has 10 heteroatoms. The second-order valence-corrected chi connectivity index (χ2v) is 12.0. The molecule has 38 heavy (non-hydrogen) atoms. The average Bonchev–Trinajstić information content (AvgIpc) is 3.56. The first kappa shape index (κ1) is 28.3. The predicted molar refractivity (Wildman–Crippen MR) is 131 cm³/mol. The van der Waals surface area contributed by atoms with Gasteiger partial charge in [0, 0.05) is 39.5 Å². The zero-order chi connectivity index (χ0) is 28.5. The molecule has 0 aromatic heterocycles. The van der Waals surface area contributed by atoms with Gasteiger partial charge in [-0.2, -0.15) is 0 Å². The number of Topliss-reactive ketones (excluding diaryl/α,β-unsaturated/α-hetero) is 1. The summed E-state index contributed by atoms with van der Waals surface area (Å²) in [4.78, 5) is 63.1. The van der Waals surface area contributed by atoms with Crippen LogP contribution in [0.4, 0.5) is 0 Å². The fraction of sp³-hybridized carbons (Fsp3) is 0.750. The van der Waals surface area contributed by atoms with Crippen LogP contribution in [0.3, 0.4) is 0 Å². The van der Waals surface area contributed by atoms with E-state index >= 15 is 0 Å². The van der Waals surface area contributed by atoms with Crippen molar-refractivity contribution >= 4 is 29.7 Å². The maximum atomic E-state index is 14.2. The van der Waals surface area contributed by atoms with E-state index in [-0.39, 0.29) is 23.5 Å². The van der Waals surface area contributed by atoms with Gasteiger partial charge in [-0.15, -0.1) is 0 Å². The monoisotopic (exact) mass is 534 g/mol. The first-order chi connectivity index (χ1) is 17.5. The highest BCUT2D eigenvalue weighted by molar-refractivity contribution is 5.96. The maximum absolute atomic E-state index is 14.2. The van der Waals surface area contributed by atoms with E-state index in [0.717, 1.165) is 0 Å². The van der Waals surface area contributed by atoms with E-state index in [1.165, 1.54) is 27.7 Å². The van der Waals surface area contributed by atoms with Crippen molar-refractivity contribution < 1.29 is 47.7 Å². The number of fused-ring (bicyclic) bond motifs is 1. The average molecular weight is 535 g/mol. The van der Waals surface area contributed by atoms with E-state index in [9.17, 15) is 24.0 Å². The third-order valence-corrected chi connectivity index (χ3v) is 8.87. The summed E-state index contributed by atoms with van der Waals surface area (Å²) >= 11 is 0. The van der Waals surface area contributed by atoms with E-state index < -0.39 is 70.8 Å². The molecule has 1 saturated heterocycles. The van der Waals surface area contributed by atoms with Gasteiger partial charge in [0.1, 0.15) is 18.3 Å². The normalized spacial score (nSPS) is 44.0. The number of hydrogen-bond acceptors (Lipinski definition) is 10. The number of rotatable bonds is 4. The Bertz CT molecular complexity index is 1110. The molecule has 0 bridgehead atoms. The molecule has 10 nitrogen and oxygen atoms in total. The van der Waals surface area contributed by atoms with E-state index in [1.54, 1.807) is 19.9 Å². The Balaban J connectivity index is 1.94. The van der Waals surface area contributed by atoms with Gasteiger partial charge in [0.05, 0.1) is 5.92 Å². The summed E-state index contributed by atoms with van der Waals surface area (Å²) in [7, 11) is 0. The fourth-order valence-corrected chi connectivity index (χ4v) is 7.39. The Morgan fingerprint density at radius 3 is 1.87 bits per heavy atom. The first-order valence-corrected chi connectivity index (χ1v) is 13.1. The molecule has 3 aliphatic carbocycles. The third-order valence-electron chi connectivity index (χ3n) is 8.87. The van der Waals surface area contributed by atoms with Gasteiger partial charge in [0.15, 0.2) is 23.1 Å². The van der Waals surface area contributed by atoms with Gasteiger partial charge in [0.2, 0.25) is 0 Å². The number of hydrogen-bond donors (Lipinski definition) is 0. The topological polar surface area (TPSA) is 135 Å². The van der Waals surface area contributed by atoms with Crippen molar-refractivity contribution in [1.82, 2.24) is 0 Å². The number of ether oxygens (including phenoxy) is 5. The van der Waals surface area contributed by atoms with E-state index in [4.69, 9.17) is 23.7 Å². The van der Waals surface area contributed by atoms with Crippen molar-refractivity contribution in [3.8, 4) is 0 Å². The molecule has 0 radical (unpaired) electrons. The number of epoxide rings is 1. The van der Waals surface area contributed by atoms with E-state index in [0.29, 0.717) is 12.0 Å². The van der Waals surface area contributed by atoms with Crippen molar-refractivity contribution in [2.75, 3.05) is 0 Å². The van der Waals surface area contributed by atoms with E-state index in [2.05, 4.69) is 0 Å². The molecule has 0 unspecified atom stereocenters. The molecular formula is C28H38O10. The summed E-state index contributed by atoms with van der Waals surface area (Å²) in [6, 6.07) is 0. The van der Waals surface area contributed by atoms with Crippen LogP contribution in [-0.4, -0.2) is 65.3 Å². The van der Waals surface area contributed by atoms with Crippen LogP contribution in [0.2, 0.25) is 0 Å². The Morgan fingerprint density at radius 2 is 1.34 bits per heavy atom. The highest BCUT2D eigenvalue weighted by Crippen LogP contribution is 2.68. The lowest BCUT2D eigenvalue weighted by atomic mass is 9.80. The predicted octanol–water partition coefficient (Wildman–Crippen LogP) is 2.70. The summed E-state index contributed by atoms with van der Waals surface area (Å²) in [6.45, 7) is 14.3. The summed E-state index contributed by atoms with van der Waals surface area (Å²) in [5, 5.41) is 0. The highest BCUT2D eigenvalue weighted by Gasteiger charge is 2.84. The zero-order valence-electron chi connectivity index (χ0n) is 23.5. The molecule has 3 fully saturated rings. The molecule has 0 aromatic carbocycles. The summed E-state index contributed by atoms with van der Waals surface area (Å²) in [5.74, 6) is -4.18. The molecule has 0 spiro atoms. The summed E-state index contributed by atoms with van der Waals surface area (Å²) < 4.78 is 29.3. The largest absolute Gasteiger partial charge is 0.461 e. The first-order valence-electron chi connectivity index (χ1n) is 13.1. The van der Waals surface area contributed by atoms with Gasteiger partial charge >= 0.3 is 23.9 Å². The van der Waals surface area contributed by atoms with Crippen molar-refractivity contribution in [2.24, 2.45) is 29.1 Å². The Labute approximate surface area is 222 Å². The number of esters is 4. The minimum atomic E-state index is -1.30. The third kappa shape index (κ3) is 4.25. The van der Waals surface area contributed by atoms with Gasteiger partial charge in [0.25, 0.3) is 0 Å². The van der Waals surface area contributed by atoms with Crippen molar-refractivity contribution in [2.45, 2.75) is 104 Å². The molecule has 10 atom stereocenters. The van der Waals surface area contributed by atoms with Crippen LogP contribution < -0.4 is 0 Å². The highest BCUT2D eigenvalue weighted by atomic mass is 16.7. The minimum absolute atomic E-state index is 0.218. The summed E-state index contributed by atoms with van der Waals surface area (Å²) in [5.41, 5.74) is -2.61. The quantitative estimate of drug-likeness (QED) is 0.229. The van der Waals surface area contributed by atoms with Gasteiger partial charge in [-0.25, -0.2) is 0 Å². The molecule has 2 saturated carbocycles. The maximum Gasteiger partial charge on any atom is 0.303 e. The smallest absolute Gasteiger partial charge is 0.303 e. The zero-order valence-corrected chi connectivity index (χ0v) is 23.5. The van der Waals surface area contributed by atoms with Crippen LogP contribution in [0.15, 0.2) is 11.6 Å². The lowest BCUT2D eigenvalue weighted by Gasteiger charge is -2.30. The molecule has 4 aliphatic rings. The lowest BCUT2D eigenvalue weighted by molar-refractivity contribution is -0.166. The van der Waals surface area contributed by atoms with Gasteiger partial charge in [-0.05, 0) is 36.3 Å². The molecule has 210 valence electrons. The van der Waals surface area contributed by atoms with Crippen molar-refractivity contribution in [3.05, 3.63) is 11.6 Å². The Kier molecular flexibility index (Phi) is 6.82. The number of carbonyl (C=O) groups excluding carboxylic acids is 5. The van der Waals surface area contributed by atoms with Crippen LogP contribution in [0.25, 0.3) is 0 Å². The molecule has 1 aliphatic heterocycles. The van der Waals surface area contributed by atoms with Crippen LogP contribution >= 0.6 is 0 Å². The van der Waals surface area contributed by atoms with E-state index in [1.807, 2.05) is 20.8 Å². The van der Waals surface area contributed by atoms with Gasteiger partial charge < -0.3 is 23.7 Å². The number of ketones is 1. The number of carbonyl (C=O) groups is 5. The van der Waals surface area contributed by atoms with Gasteiger partial charge in [-0.3, -0.25) is 24.0 Å². The Hall–Kier alpha value is -2.75. The second kappa shape index (κ2) is 9.17. The second-order valence-electron chi connectivity index (χ2n) is 12.0. The molecule has 4 rings (SSSR count). The minimum Gasteiger partial charge on any atom is -0.461 e. The summed E-state index contributed by atoms with van der Waals surface area (Å²) in [6.07, 6.45) is -1.52. The van der Waals surface area contributed by atoms with Crippen LogP contribution in [-0.2, 0) is 47.7 Å². The van der Waals surface area contributed by atoms with Crippen molar-refractivity contribution in [1.29, 1.82) is 0 Å². The van der Waals surface area contributed by atoms with Crippen LogP contribution in [0.5, 0.6) is 0 Å².